The predicted molar refractivity (Wildman–Crippen MR) is 103 cm³/mol. The van der Waals surface area contributed by atoms with E-state index in [1.54, 1.807) is 25.7 Å². The van der Waals surface area contributed by atoms with Crippen molar-refractivity contribution in [2.75, 3.05) is 25.0 Å². The van der Waals surface area contributed by atoms with Gasteiger partial charge in [0.1, 0.15) is 11.5 Å². The van der Waals surface area contributed by atoms with Crippen molar-refractivity contribution >= 4 is 40.2 Å². The minimum Gasteiger partial charge on any atom is -0.450 e. The van der Waals surface area contributed by atoms with Crippen molar-refractivity contribution in [3.8, 4) is 0 Å². The summed E-state index contributed by atoms with van der Waals surface area (Å²) in [5, 5.41) is 7.24. The first-order chi connectivity index (χ1) is 12.9. The van der Waals surface area contributed by atoms with Crippen LogP contribution in [0.25, 0.3) is 0 Å². The van der Waals surface area contributed by atoms with Crippen LogP contribution >= 0.6 is 11.5 Å². The van der Waals surface area contributed by atoms with Crippen LogP contribution in [0.1, 0.15) is 50.8 Å². The van der Waals surface area contributed by atoms with Gasteiger partial charge in [0.15, 0.2) is 0 Å². The summed E-state index contributed by atoms with van der Waals surface area (Å²) < 4.78 is 9.09. The zero-order valence-corrected chi connectivity index (χ0v) is 16.6. The van der Waals surface area contributed by atoms with Crippen LogP contribution in [0.5, 0.6) is 0 Å². The zero-order chi connectivity index (χ0) is 19.8. The van der Waals surface area contributed by atoms with Crippen molar-refractivity contribution < 1.29 is 19.1 Å². The van der Waals surface area contributed by atoms with Crippen LogP contribution in [0.2, 0.25) is 0 Å². The maximum absolute atomic E-state index is 12.2. The van der Waals surface area contributed by atoms with Crippen molar-refractivity contribution in [3.05, 3.63) is 11.3 Å². The first-order valence-corrected chi connectivity index (χ1v) is 9.71. The maximum Gasteiger partial charge on any atom is 0.412 e. The van der Waals surface area contributed by atoms with E-state index in [2.05, 4.69) is 20.2 Å². The van der Waals surface area contributed by atoms with E-state index in [0.29, 0.717) is 34.9 Å². The van der Waals surface area contributed by atoms with E-state index in [9.17, 15) is 14.4 Å². The van der Waals surface area contributed by atoms with Gasteiger partial charge in [-0.15, -0.1) is 0 Å². The van der Waals surface area contributed by atoms with E-state index in [0.717, 1.165) is 30.8 Å². The monoisotopic (exact) mass is 395 g/mol. The SMILES string of the molecule is CCOC(=O)Nc1snc(C)c1/C(C)=N/NC(=O)CN1CCCCCC1=O. The second-order valence-electron chi connectivity index (χ2n) is 6.18. The third kappa shape index (κ3) is 6.02. The average Bonchev–Trinajstić information content (AvgIpc) is 2.85. The molecule has 0 saturated carbocycles. The topological polar surface area (TPSA) is 113 Å². The Labute approximate surface area is 162 Å². The van der Waals surface area contributed by atoms with Crippen molar-refractivity contribution in [3.63, 3.8) is 0 Å². The summed E-state index contributed by atoms with van der Waals surface area (Å²) >= 11 is 1.12. The summed E-state index contributed by atoms with van der Waals surface area (Å²) in [5.41, 5.74) is 4.31. The van der Waals surface area contributed by atoms with Crippen LogP contribution in [0.3, 0.4) is 0 Å². The number of carbonyl (C=O) groups is 3. The van der Waals surface area contributed by atoms with Crippen LogP contribution < -0.4 is 10.7 Å². The highest BCUT2D eigenvalue weighted by Gasteiger charge is 2.20. The van der Waals surface area contributed by atoms with Gasteiger partial charge in [-0.2, -0.15) is 9.47 Å². The number of rotatable bonds is 6. The summed E-state index contributed by atoms with van der Waals surface area (Å²) in [4.78, 5) is 37.3. The summed E-state index contributed by atoms with van der Waals surface area (Å²) in [6, 6.07) is 0. The number of hydrazone groups is 1. The third-order valence-corrected chi connectivity index (χ3v) is 4.92. The van der Waals surface area contributed by atoms with Crippen LogP contribution in [-0.2, 0) is 14.3 Å². The Hall–Kier alpha value is -2.49. The summed E-state index contributed by atoms with van der Waals surface area (Å²) in [6.45, 7) is 6.07. The number of hydrogen-bond acceptors (Lipinski definition) is 7. The number of ether oxygens (including phenoxy) is 1. The predicted octanol–water partition coefficient (Wildman–Crippen LogP) is 2.26. The molecule has 0 bridgehead atoms. The second-order valence-corrected chi connectivity index (χ2v) is 6.95. The molecule has 3 amide bonds. The first kappa shape index (κ1) is 20.8. The Bertz CT molecular complexity index is 731. The van der Waals surface area contributed by atoms with Crippen molar-refractivity contribution in [1.82, 2.24) is 14.7 Å². The quantitative estimate of drug-likeness (QED) is 0.567. The number of hydrogen-bond donors (Lipinski definition) is 2. The molecule has 2 rings (SSSR count). The molecule has 0 spiro atoms. The lowest BCUT2D eigenvalue weighted by Gasteiger charge is -2.19. The van der Waals surface area contributed by atoms with Gasteiger partial charge in [0, 0.05) is 13.0 Å². The van der Waals surface area contributed by atoms with Gasteiger partial charge in [-0.05, 0) is 45.1 Å². The first-order valence-electron chi connectivity index (χ1n) is 8.93. The highest BCUT2D eigenvalue weighted by molar-refractivity contribution is 7.11. The molecule has 1 aromatic rings. The second kappa shape index (κ2) is 10.0. The van der Waals surface area contributed by atoms with E-state index in [1.807, 2.05) is 0 Å². The highest BCUT2D eigenvalue weighted by atomic mass is 32.1. The lowest BCUT2D eigenvalue weighted by Crippen LogP contribution is -2.39. The fraction of sp³-hybridized carbons (Fsp3) is 0.588. The van der Waals surface area contributed by atoms with Crippen molar-refractivity contribution in [2.45, 2.75) is 46.5 Å². The molecule has 0 radical (unpaired) electrons. The third-order valence-electron chi connectivity index (χ3n) is 4.07. The van der Waals surface area contributed by atoms with Gasteiger partial charge in [-0.1, -0.05) is 6.42 Å². The molecule has 0 unspecified atom stereocenters. The molecule has 0 aromatic carbocycles. The Morgan fingerprint density at radius 1 is 1.33 bits per heavy atom. The van der Waals surface area contributed by atoms with E-state index >= 15 is 0 Å². The molecule has 1 saturated heterocycles. The van der Waals surface area contributed by atoms with Gasteiger partial charge >= 0.3 is 6.09 Å². The Balaban J connectivity index is 2.00. The van der Waals surface area contributed by atoms with E-state index in [4.69, 9.17) is 4.74 Å². The van der Waals surface area contributed by atoms with Gasteiger partial charge < -0.3 is 9.64 Å². The number of likely N-dealkylation sites (tertiary alicyclic amines) is 1. The van der Waals surface area contributed by atoms with E-state index in [-0.39, 0.29) is 25.0 Å². The largest absolute Gasteiger partial charge is 0.450 e. The summed E-state index contributed by atoms with van der Waals surface area (Å²) in [5.74, 6) is -0.354. The van der Waals surface area contributed by atoms with Gasteiger partial charge in [0.2, 0.25) is 5.91 Å². The molecule has 0 aliphatic carbocycles. The molecule has 27 heavy (non-hydrogen) atoms. The minimum atomic E-state index is -0.570. The number of nitrogens with one attached hydrogen (secondary N) is 2. The molecule has 1 fully saturated rings. The Kier molecular flexibility index (Phi) is 7.71. The van der Waals surface area contributed by atoms with Gasteiger partial charge in [0.05, 0.1) is 23.6 Å². The molecule has 9 nitrogen and oxygen atoms in total. The molecule has 2 N–H and O–H groups in total. The van der Waals surface area contributed by atoms with Crippen LogP contribution in [-0.4, -0.2) is 52.6 Å². The Morgan fingerprint density at radius 3 is 2.85 bits per heavy atom. The standard InChI is InChI=1S/C17H25N5O4S/c1-4-26-17(25)18-16-15(12(3)21-27-16)11(2)19-20-13(23)10-22-9-7-5-6-8-14(22)24/h4-10H2,1-3H3,(H,18,25)(H,20,23)/b19-11+. The average molecular weight is 395 g/mol. The van der Waals surface area contributed by atoms with Crippen LogP contribution in [0, 0.1) is 6.92 Å². The van der Waals surface area contributed by atoms with Crippen molar-refractivity contribution in [2.24, 2.45) is 5.10 Å². The highest BCUT2D eigenvalue weighted by Crippen LogP contribution is 2.25. The van der Waals surface area contributed by atoms with E-state index in [1.165, 1.54) is 0 Å². The number of aryl methyl sites for hydroxylation is 1. The van der Waals surface area contributed by atoms with Crippen LogP contribution in [0.15, 0.2) is 5.10 Å². The number of aromatic nitrogens is 1. The molecule has 1 aromatic heterocycles. The van der Waals surface area contributed by atoms with Crippen molar-refractivity contribution in [1.29, 1.82) is 0 Å². The normalized spacial score (nSPS) is 15.3. The number of amides is 3. The lowest BCUT2D eigenvalue weighted by molar-refractivity contribution is -0.135. The molecule has 10 heteroatoms. The minimum absolute atomic E-state index is 0.00199. The summed E-state index contributed by atoms with van der Waals surface area (Å²) in [6.07, 6.45) is 2.69. The molecule has 2 heterocycles. The lowest BCUT2D eigenvalue weighted by atomic mass is 10.2. The van der Waals surface area contributed by atoms with Gasteiger partial charge in [0.25, 0.3) is 5.91 Å². The number of nitrogens with zero attached hydrogens (tertiary/aromatic N) is 3. The Morgan fingerprint density at radius 2 is 2.11 bits per heavy atom. The van der Waals surface area contributed by atoms with Gasteiger partial charge in [-0.3, -0.25) is 14.9 Å². The smallest absolute Gasteiger partial charge is 0.412 e. The number of anilines is 1. The molecule has 1 aliphatic rings. The zero-order valence-electron chi connectivity index (χ0n) is 15.8. The van der Waals surface area contributed by atoms with E-state index < -0.39 is 6.09 Å². The molecular weight excluding hydrogens is 370 g/mol. The molecule has 0 atom stereocenters. The summed E-state index contributed by atoms with van der Waals surface area (Å²) in [7, 11) is 0. The number of carbonyl (C=O) groups excluding carboxylic acids is 3. The van der Waals surface area contributed by atoms with Crippen LogP contribution in [0.4, 0.5) is 9.80 Å². The molecule has 148 valence electrons. The maximum atomic E-state index is 12.2. The van der Waals surface area contributed by atoms with Gasteiger partial charge in [-0.25, -0.2) is 10.2 Å². The molecule has 1 aliphatic heterocycles. The fourth-order valence-electron chi connectivity index (χ4n) is 2.76. The molecular formula is C17H25N5O4S. The fourth-order valence-corrected chi connectivity index (χ4v) is 3.59.